The third-order valence-electron chi connectivity index (χ3n) is 2.19. The van der Waals surface area contributed by atoms with Gasteiger partial charge in [0, 0.05) is 6.07 Å². The fourth-order valence-electron chi connectivity index (χ4n) is 1.42. The van der Waals surface area contributed by atoms with E-state index in [1.165, 1.54) is 0 Å². The zero-order valence-corrected chi connectivity index (χ0v) is 10.7. The molecule has 1 aromatic heterocycles. The maximum atomic E-state index is 9.53. The minimum absolute atomic E-state index is 0.329. The Kier molecular flexibility index (Phi) is 4.60. The quantitative estimate of drug-likeness (QED) is 0.462. The molecule has 0 radical (unpaired) electrons. The summed E-state index contributed by atoms with van der Waals surface area (Å²) in [4.78, 5) is 0. The molecule has 0 unspecified atom stereocenters. The van der Waals surface area contributed by atoms with E-state index in [9.17, 15) is 18.1 Å². The van der Waals surface area contributed by atoms with E-state index in [4.69, 9.17) is 0 Å². The fraction of sp³-hybridized carbons (Fsp3) is 0.182. The standard InChI is InChI=1S/C10H9NO.CH4O4S/c1-11-7-3-5-8-4-2-6-9(12)10(8)11;1-5-6(2,3)4/h2-7H,1H3;1H3,(H,2,3,4). The van der Waals surface area contributed by atoms with Gasteiger partial charge < -0.3 is 9.66 Å². The van der Waals surface area contributed by atoms with Gasteiger partial charge in [-0.3, -0.25) is 4.18 Å². The number of benzene rings is 1. The van der Waals surface area contributed by atoms with Crippen molar-refractivity contribution in [2.24, 2.45) is 7.05 Å². The summed E-state index contributed by atoms with van der Waals surface area (Å²) in [5, 5.41) is 10.6. The predicted molar refractivity (Wildman–Crippen MR) is 63.5 cm³/mol. The lowest BCUT2D eigenvalue weighted by atomic mass is 10.2. The number of hydrogen-bond acceptors (Lipinski definition) is 5. The highest BCUT2D eigenvalue weighted by Crippen LogP contribution is 2.19. The molecule has 0 saturated carbocycles. The van der Waals surface area contributed by atoms with Crippen molar-refractivity contribution in [3.05, 3.63) is 36.5 Å². The number of phenolic OH excluding ortho intramolecular Hbond substituents is 1. The van der Waals surface area contributed by atoms with Crippen molar-refractivity contribution in [2.75, 3.05) is 7.11 Å². The van der Waals surface area contributed by atoms with Crippen molar-refractivity contribution >= 4 is 21.3 Å². The summed E-state index contributed by atoms with van der Waals surface area (Å²) in [7, 11) is -1.69. The van der Waals surface area contributed by atoms with Crippen LogP contribution in [0.1, 0.15) is 0 Å². The molecule has 2 rings (SSSR count). The molecule has 0 amide bonds. The highest BCUT2D eigenvalue weighted by Gasteiger charge is 2.07. The van der Waals surface area contributed by atoms with Crippen LogP contribution in [-0.2, 0) is 21.6 Å². The van der Waals surface area contributed by atoms with Gasteiger partial charge in [0.15, 0.2) is 11.9 Å². The Labute approximate surface area is 105 Å². The van der Waals surface area contributed by atoms with Crippen LogP contribution in [0.5, 0.6) is 5.75 Å². The van der Waals surface area contributed by atoms with Gasteiger partial charge in [-0.25, -0.2) is 8.42 Å². The Morgan fingerprint density at radius 1 is 1.28 bits per heavy atom. The number of hydrogen-bond donors (Lipinski definition) is 1. The maximum absolute atomic E-state index is 9.53. The average molecular weight is 271 g/mol. The first-order valence-electron chi connectivity index (χ1n) is 4.93. The van der Waals surface area contributed by atoms with Crippen LogP contribution >= 0.6 is 0 Å². The average Bonchev–Trinajstić information content (AvgIpc) is 2.29. The van der Waals surface area contributed by atoms with Crippen molar-refractivity contribution in [1.82, 2.24) is 0 Å². The molecule has 1 N–H and O–H groups in total. The smallest absolute Gasteiger partial charge is 0.254 e. The van der Waals surface area contributed by atoms with E-state index < -0.39 is 10.4 Å². The molecule has 1 aromatic carbocycles. The number of para-hydroxylation sites is 1. The van der Waals surface area contributed by atoms with Gasteiger partial charge in [0.25, 0.3) is 5.52 Å². The van der Waals surface area contributed by atoms with E-state index in [2.05, 4.69) is 4.18 Å². The highest BCUT2D eigenvalue weighted by atomic mass is 32.3. The minimum atomic E-state index is -4.41. The first-order chi connectivity index (χ1) is 8.35. The van der Waals surface area contributed by atoms with Crippen LogP contribution in [0.25, 0.3) is 10.9 Å². The number of rotatable bonds is 1. The van der Waals surface area contributed by atoms with Crippen LogP contribution in [0.4, 0.5) is 0 Å². The number of aryl methyl sites for hydroxylation is 1. The van der Waals surface area contributed by atoms with Gasteiger partial charge in [-0.05, 0) is 18.2 Å². The van der Waals surface area contributed by atoms with Crippen LogP contribution in [0.15, 0.2) is 36.5 Å². The van der Waals surface area contributed by atoms with Gasteiger partial charge in [0.05, 0.1) is 12.5 Å². The van der Waals surface area contributed by atoms with Gasteiger partial charge in [0.1, 0.15) is 7.05 Å². The first-order valence-corrected chi connectivity index (χ1v) is 6.26. The van der Waals surface area contributed by atoms with Crippen molar-refractivity contribution < 1.29 is 26.8 Å². The molecule has 98 valence electrons. The summed E-state index contributed by atoms with van der Waals surface area (Å²) in [6, 6.07) is 9.46. The zero-order chi connectivity index (χ0) is 13.8. The van der Waals surface area contributed by atoms with E-state index in [0.717, 1.165) is 18.0 Å². The topological polar surface area (TPSA) is 90.5 Å². The third kappa shape index (κ3) is 3.95. The van der Waals surface area contributed by atoms with Gasteiger partial charge >= 0.3 is 0 Å². The summed E-state index contributed by atoms with van der Waals surface area (Å²) >= 11 is 0. The molecule has 0 bridgehead atoms. The van der Waals surface area contributed by atoms with Crippen LogP contribution in [0.2, 0.25) is 0 Å². The van der Waals surface area contributed by atoms with E-state index in [1.54, 1.807) is 6.07 Å². The Balaban J connectivity index is 0.000000232. The Morgan fingerprint density at radius 3 is 2.33 bits per heavy atom. The molecule has 0 aliphatic carbocycles. The number of pyridine rings is 1. The first kappa shape index (κ1) is 14.4. The zero-order valence-electron chi connectivity index (χ0n) is 9.90. The highest BCUT2D eigenvalue weighted by molar-refractivity contribution is 7.80. The molecule has 18 heavy (non-hydrogen) atoms. The van der Waals surface area contributed by atoms with E-state index in [0.29, 0.717) is 5.75 Å². The number of nitrogens with zero attached hydrogens (tertiary/aromatic N) is 1. The van der Waals surface area contributed by atoms with Gasteiger partial charge in [0.2, 0.25) is 10.4 Å². The lowest BCUT2D eigenvalue weighted by molar-refractivity contribution is -0.645. The van der Waals surface area contributed by atoms with Crippen LogP contribution in [0.3, 0.4) is 0 Å². The van der Waals surface area contributed by atoms with E-state index in [-0.39, 0.29) is 0 Å². The Bertz CT molecular complexity index is 602. The van der Waals surface area contributed by atoms with Crippen LogP contribution in [-0.4, -0.2) is 25.2 Å². The third-order valence-corrected chi connectivity index (χ3v) is 2.60. The van der Waals surface area contributed by atoms with Gasteiger partial charge in [-0.2, -0.15) is 4.57 Å². The van der Waals surface area contributed by atoms with Crippen LogP contribution < -0.4 is 4.57 Å². The summed E-state index contributed by atoms with van der Waals surface area (Å²) in [5.74, 6) is 0.329. The summed E-state index contributed by atoms with van der Waals surface area (Å²) in [5.41, 5.74) is 0.875. The van der Waals surface area contributed by atoms with E-state index in [1.807, 2.05) is 42.1 Å². The molecule has 1 heterocycles. The largest absolute Gasteiger partial charge is 0.726 e. The van der Waals surface area contributed by atoms with Crippen molar-refractivity contribution in [3.8, 4) is 5.75 Å². The lowest BCUT2D eigenvalue weighted by Crippen LogP contribution is -2.27. The minimum Gasteiger partial charge on any atom is -0.726 e. The molecule has 0 saturated heterocycles. The molecule has 0 fully saturated rings. The SMILES string of the molecule is COS(=O)(=O)[O-].C[n+]1cccc2cccc(O)c21. The second kappa shape index (κ2) is 5.76. The van der Waals surface area contributed by atoms with Crippen molar-refractivity contribution in [2.45, 2.75) is 0 Å². The molecule has 0 atom stereocenters. The van der Waals surface area contributed by atoms with Gasteiger partial charge in [-0.15, -0.1) is 0 Å². The molecular weight excluding hydrogens is 258 g/mol. The number of aromatic nitrogens is 1. The molecular formula is C11H13NO5S. The van der Waals surface area contributed by atoms with Crippen molar-refractivity contribution in [1.29, 1.82) is 0 Å². The second-order valence-corrected chi connectivity index (χ2v) is 4.56. The number of aromatic hydroxyl groups is 1. The molecule has 0 aliphatic heterocycles. The lowest BCUT2D eigenvalue weighted by Gasteiger charge is -1.98. The van der Waals surface area contributed by atoms with E-state index >= 15 is 0 Å². The molecule has 0 aliphatic rings. The number of phenols is 1. The van der Waals surface area contributed by atoms with Crippen LogP contribution in [0, 0.1) is 0 Å². The Morgan fingerprint density at radius 2 is 1.83 bits per heavy atom. The molecule has 2 aromatic rings. The second-order valence-electron chi connectivity index (χ2n) is 3.41. The molecule has 7 heteroatoms. The van der Waals surface area contributed by atoms with Crippen molar-refractivity contribution in [3.63, 3.8) is 0 Å². The summed E-state index contributed by atoms with van der Waals surface area (Å²) < 4.78 is 32.9. The maximum Gasteiger partial charge on any atom is 0.254 e. The summed E-state index contributed by atoms with van der Waals surface area (Å²) in [6.07, 6.45) is 1.92. The normalized spacial score (nSPS) is 10.8. The predicted octanol–water partition coefficient (Wildman–Crippen LogP) is 0.463. The summed E-state index contributed by atoms with van der Waals surface area (Å²) in [6.45, 7) is 0. The fourth-order valence-corrected chi connectivity index (χ4v) is 1.42. The number of fused-ring (bicyclic) bond motifs is 1. The Hall–Kier alpha value is -1.70. The monoisotopic (exact) mass is 271 g/mol. The van der Waals surface area contributed by atoms with Gasteiger partial charge in [-0.1, -0.05) is 6.07 Å². The molecule has 0 spiro atoms. The molecule has 6 nitrogen and oxygen atoms in total.